The molecule has 2 amide bonds. The average molecular weight is 557 g/mol. The van der Waals surface area contributed by atoms with Gasteiger partial charge in [0, 0.05) is 5.56 Å². The molecule has 38 heavy (non-hydrogen) atoms. The van der Waals surface area contributed by atoms with Crippen molar-refractivity contribution in [3.63, 3.8) is 0 Å². The van der Waals surface area contributed by atoms with Crippen LogP contribution in [0.5, 0.6) is 11.5 Å². The summed E-state index contributed by atoms with van der Waals surface area (Å²) in [6, 6.07) is 3.20. The quantitative estimate of drug-likeness (QED) is 0.372. The van der Waals surface area contributed by atoms with E-state index in [1.807, 2.05) is 0 Å². The highest BCUT2D eigenvalue weighted by atomic mass is 35.5. The summed E-state index contributed by atoms with van der Waals surface area (Å²) in [5.41, 5.74) is 6.46. The van der Waals surface area contributed by atoms with Crippen molar-refractivity contribution in [3.8, 4) is 23.0 Å². The largest absolute Gasteiger partial charge is 0.489 e. The topological polar surface area (TPSA) is 138 Å². The lowest BCUT2D eigenvalue weighted by Crippen LogP contribution is -2.38. The van der Waals surface area contributed by atoms with Gasteiger partial charge in [0.05, 0.1) is 24.7 Å². The fourth-order valence-corrected chi connectivity index (χ4v) is 3.94. The van der Waals surface area contributed by atoms with Crippen LogP contribution in [0, 0.1) is 5.92 Å². The number of ether oxygens (including phenoxy) is 3. The third-order valence-corrected chi connectivity index (χ3v) is 6.60. The van der Waals surface area contributed by atoms with E-state index in [9.17, 15) is 18.4 Å². The molecule has 3 unspecified atom stereocenters. The van der Waals surface area contributed by atoms with Gasteiger partial charge >= 0.3 is 12.7 Å². The van der Waals surface area contributed by atoms with Gasteiger partial charge < -0.3 is 35.0 Å². The SMILES string of the molecule is CC(N)c1oc(-c2ccc(OC(F)F)c(OCC3CC3)c2)nc1C(=O)NC1CC1NC(=O)OC1CCC1.Cl. The Morgan fingerprint density at radius 2 is 1.89 bits per heavy atom. The standard InChI is InChI=1S/C25H30F2N4O6.ClH/c1-12(28)21-20(22(32)29-16-10-17(16)30-25(33)35-15-3-2-4-15)31-23(37-21)14-7-8-18(36-24(26)27)19(9-14)34-11-13-5-6-13;/h7-9,12-13,15-17,24H,2-6,10-11,28H2,1H3,(H,29,32)(H,30,33);1H. The maximum Gasteiger partial charge on any atom is 0.407 e. The lowest BCUT2D eigenvalue weighted by molar-refractivity contribution is -0.0515. The number of nitrogens with one attached hydrogen (secondary N) is 2. The van der Waals surface area contributed by atoms with Crippen LogP contribution in [-0.2, 0) is 4.74 Å². The van der Waals surface area contributed by atoms with Crippen LogP contribution in [0.15, 0.2) is 22.6 Å². The van der Waals surface area contributed by atoms with Crippen LogP contribution in [-0.4, -0.2) is 48.4 Å². The average Bonchev–Trinajstić information content (AvgIpc) is 3.73. The first-order valence-electron chi connectivity index (χ1n) is 12.5. The van der Waals surface area contributed by atoms with Crippen LogP contribution >= 0.6 is 12.4 Å². The molecule has 3 aliphatic rings. The zero-order valence-corrected chi connectivity index (χ0v) is 21.6. The summed E-state index contributed by atoms with van der Waals surface area (Å²) < 4.78 is 47.1. The third-order valence-electron chi connectivity index (χ3n) is 6.60. The summed E-state index contributed by atoms with van der Waals surface area (Å²) in [7, 11) is 0. The molecule has 2 aromatic rings. The minimum absolute atomic E-state index is 0. The van der Waals surface area contributed by atoms with Gasteiger partial charge in [-0.3, -0.25) is 4.79 Å². The highest BCUT2D eigenvalue weighted by molar-refractivity contribution is 5.94. The smallest absolute Gasteiger partial charge is 0.407 e. The number of oxazole rings is 1. The molecule has 3 atom stereocenters. The predicted molar refractivity (Wildman–Crippen MR) is 134 cm³/mol. The number of carbonyl (C=O) groups is 2. The number of rotatable bonds is 11. The van der Waals surface area contributed by atoms with Crippen molar-refractivity contribution in [2.75, 3.05) is 6.61 Å². The second-order valence-electron chi connectivity index (χ2n) is 9.84. The predicted octanol–water partition coefficient (Wildman–Crippen LogP) is 4.32. The van der Waals surface area contributed by atoms with E-state index in [1.165, 1.54) is 18.2 Å². The van der Waals surface area contributed by atoms with Gasteiger partial charge in [-0.2, -0.15) is 8.78 Å². The third kappa shape index (κ3) is 6.84. The Balaban J connectivity index is 0.00000336. The van der Waals surface area contributed by atoms with Gasteiger partial charge in [-0.1, -0.05) is 0 Å². The van der Waals surface area contributed by atoms with Gasteiger partial charge in [0.1, 0.15) is 6.10 Å². The van der Waals surface area contributed by atoms with E-state index in [4.69, 9.17) is 19.6 Å². The fraction of sp³-hybridized carbons (Fsp3) is 0.560. The Labute approximate surface area is 224 Å². The second kappa shape index (κ2) is 11.7. The summed E-state index contributed by atoms with van der Waals surface area (Å²) in [6.45, 7) is -0.961. The van der Waals surface area contributed by atoms with E-state index in [1.54, 1.807) is 6.92 Å². The van der Waals surface area contributed by atoms with Crippen molar-refractivity contribution in [1.29, 1.82) is 0 Å². The van der Waals surface area contributed by atoms with Crippen LogP contribution in [0.2, 0.25) is 0 Å². The molecule has 1 heterocycles. The van der Waals surface area contributed by atoms with Crippen molar-refractivity contribution in [2.24, 2.45) is 11.7 Å². The molecule has 0 aliphatic heterocycles. The molecule has 5 rings (SSSR count). The number of amides is 2. The number of nitrogens with two attached hydrogens (primary N) is 1. The van der Waals surface area contributed by atoms with Crippen molar-refractivity contribution in [2.45, 2.75) is 76.3 Å². The molecule has 1 aromatic heterocycles. The molecular weight excluding hydrogens is 526 g/mol. The normalized spacial score (nSPS) is 21.1. The van der Waals surface area contributed by atoms with E-state index in [2.05, 4.69) is 20.4 Å². The van der Waals surface area contributed by atoms with Crippen LogP contribution in [0.1, 0.15) is 67.7 Å². The molecule has 4 N–H and O–H groups in total. The molecular formula is C25H31ClF2N4O6. The van der Waals surface area contributed by atoms with Crippen LogP contribution < -0.4 is 25.8 Å². The maximum absolute atomic E-state index is 13.0. The summed E-state index contributed by atoms with van der Waals surface area (Å²) >= 11 is 0. The fourth-order valence-electron chi connectivity index (χ4n) is 3.94. The van der Waals surface area contributed by atoms with Gasteiger partial charge in [-0.05, 0) is 69.6 Å². The summed E-state index contributed by atoms with van der Waals surface area (Å²) in [5, 5.41) is 5.59. The highest BCUT2D eigenvalue weighted by Gasteiger charge is 2.41. The van der Waals surface area contributed by atoms with E-state index < -0.39 is 24.7 Å². The Kier molecular flexibility index (Phi) is 8.61. The lowest BCUT2D eigenvalue weighted by Gasteiger charge is -2.25. The molecule has 1 aromatic carbocycles. The van der Waals surface area contributed by atoms with Crippen LogP contribution in [0.4, 0.5) is 13.6 Å². The number of nitrogens with zero attached hydrogens (tertiary/aromatic N) is 1. The van der Waals surface area contributed by atoms with Crippen LogP contribution in [0.3, 0.4) is 0 Å². The Bertz CT molecular complexity index is 1150. The number of aromatic nitrogens is 1. The Morgan fingerprint density at radius 1 is 1.16 bits per heavy atom. The first-order valence-corrected chi connectivity index (χ1v) is 12.5. The molecule has 0 saturated heterocycles. The summed E-state index contributed by atoms with van der Waals surface area (Å²) in [4.78, 5) is 29.3. The highest BCUT2D eigenvalue weighted by Crippen LogP contribution is 2.37. The molecule has 0 bridgehead atoms. The zero-order valence-electron chi connectivity index (χ0n) is 20.8. The lowest BCUT2D eigenvalue weighted by atomic mass is 9.96. The van der Waals surface area contributed by atoms with Crippen molar-refractivity contribution in [1.82, 2.24) is 15.6 Å². The van der Waals surface area contributed by atoms with Crippen molar-refractivity contribution in [3.05, 3.63) is 29.7 Å². The van der Waals surface area contributed by atoms with Gasteiger partial charge in [0.2, 0.25) is 5.89 Å². The van der Waals surface area contributed by atoms with Crippen LogP contribution in [0.25, 0.3) is 11.5 Å². The van der Waals surface area contributed by atoms with Gasteiger partial charge in [-0.25, -0.2) is 9.78 Å². The monoisotopic (exact) mass is 556 g/mol. The molecule has 3 saturated carbocycles. The summed E-state index contributed by atoms with van der Waals surface area (Å²) in [5.74, 6) is 0.205. The Hall–Kier alpha value is -3.12. The molecule has 3 aliphatic carbocycles. The molecule has 0 spiro atoms. The molecule has 13 heteroatoms. The zero-order chi connectivity index (χ0) is 26.1. The molecule has 10 nitrogen and oxygen atoms in total. The van der Waals surface area contributed by atoms with Crippen molar-refractivity contribution >= 4 is 24.4 Å². The number of halogens is 3. The number of carbonyl (C=O) groups excluding carboxylic acids is 2. The minimum atomic E-state index is -3.00. The van der Waals surface area contributed by atoms with E-state index in [0.29, 0.717) is 24.5 Å². The molecule has 208 valence electrons. The molecule has 3 fully saturated rings. The van der Waals surface area contributed by atoms with E-state index in [-0.39, 0.29) is 59.4 Å². The first-order chi connectivity index (χ1) is 17.8. The number of hydrogen-bond donors (Lipinski definition) is 3. The van der Waals surface area contributed by atoms with E-state index >= 15 is 0 Å². The molecule has 0 radical (unpaired) electrons. The number of alkyl carbamates (subject to hydrolysis) is 1. The van der Waals surface area contributed by atoms with Gasteiger partial charge in [0.15, 0.2) is 23.0 Å². The number of alkyl halides is 2. The first kappa shape index (κ1) is 27.9. The van der Waals surface area contributed by atoms with Crippen molar-refractivity contribution < 1.29 is 37.0 Å². The van der Waals surface area contributed by atoms with E-state index in [0.717, 1.165) is 32.1 Å². The Morgan fingerprint density at radius 3 is 2.53 bits per heavy atom. The summed E-state index contributed by atoms with van der Waals surface area (Å²) in [6.07, 6.45) is 4.93. The maximum atomic E-state index is 13.0. The van der Waals surface area contributed by atoms with Gasteiger partial charge in [-0.15, -0.1) is 12.4 Å². The minimum Gasteiger partial charge on any atom is -0.489 e. The second-order valence-corrected chi connectivity index (χ2v) is 9.84. The van der Waals surface area contributed by atoms with Gasteiger partial charge in [0.25, 0.3) is 5.91 Å². The number of hydrogen-bond acceptors (Lipinski definition) is 8. The number of benzene rings is 1.